The molecule has 0 heterocycles. The van der Waals surface area contributed by atoms with E-state index in [1.165, 1.54) is 0 Å². The van der Waals surface area contributed by atoms with Crippen molar-refractivity contribution < 1.29 is 14.4 Å². The molecule has 168 valence electrons. The Bertz CT molecular complexity index is 1110. The van der Waals surface area contributed by atoms with Gasteiger partial charge in [-0.15, -0.1) is 0 Å². The van der Waals surface area contributed by atoms with Gasteiger partial charge in [0.15, 0.2) is 0 Å². The van der Waals surface area contributed by atoms with Gasteiger partial charge in [-0.3, -0.25) is 4.79 Å². The lowest BCUT2D eigenvalue weighted by Gasteiger charge is -2.39. The molecule has 2 saturated carbocycles. The predicted octanol–water partition coefficient (Wildman–Crippen LogP) is 6.67. The van der Waals surface area contributed by atoms with Crippen molar-refractivity contribution in [3.8, 4) is 0 Å². The maximum atomic E-state index is 13.6. The van der Waals surface area contributed by atoms with Crippen molar-refractivity contribution in [3.05, 3.63) is 63.6 Å². The lowest BCUT2D eigenvalue weighted by molar-refractivity contribution is -0.130. The minimum Gasteiger partial charge on any atom is -0.323 e. The molecule has 2 aromatic carbocycles. The maximum Gasteiger partial charge on any atom is 0.365 e. The molecule has 1 amide bonds. The fourth-order valence-electron chi connectivity index (χ4n) is 5.21. The number of rotatable bonds is 4. The van der Waals surface area contributed by atoms with E-state index in [0.29, 0.717) is 34.1 Å². The SMILES string of the molecule is Cc1ccc(C(=O)ON=C2CC3(C(=O)Nc4c(Cl)cccc4Cl)CCC2(C)C3(C)C)cc1. The Morgan fingerprint density at radius 2 is 1.62 bits per heavy atom. The lowest BCUT2D eigenvalue weighted by atomic mass is 9.64. The summed E-state index contributed by atoms with van der Waals surface area (Å²) in [5.41, 5.74) is 1.15. The third kappa shape index (κ3) is 3.34. The normalized spacial score (nSPS) is 26.9. The smallest absolute Gasteiger partial charge is 0.323 e. The second kappa shape index (κ2) is 7.89. The Morgan fingerprint density at radius 1 is 1.00 bits per heavy atom. The van der Waals surface area contributed by atoms with E-state index in [9.17, 15) is 9.59 Å². The maximum absolute atomic E-state index is 13.6. The Hall–Kier alpha value is -2.37. The van der Waals surface area contributed by atoms with Gasteiger partial charge in [0.25, 0.3) is 0 Å². The van der Waals surface area contributed by atoms with Gasteiger partial charge in [0, 0.05) is 11.8 Å². The fraction of sp³-hybridized carbons (Fsp3) is 0.400. The van der Waals surface area contributed by atoms with Gasteiger partial charge in [0.05, 0.1) is 32.4 Å². The predicted molar refractivity (Wildman–Crippen MR) is 127 cm³/mol. The van der Waals surface area contributed by atoms with Gasteiger partial charge in [-0.05, 0) is 49.4 Å². The number of benzene rings is 2. The highest BCUT2D eigenvalue weighted by Gasteiger charge is 2.71. The molecule has 0 aliphatic heterocycles. The van der Waals surface area contributed by atoms with Crippen molar-refractivity contribution in [1.29, 1.82) is 0 Å². The van der Waals surface area contributed by atoms with Gasteiger partial charge in [0.2, 0.25) is 5.91 Å². The number of fused-ring (bicyclic) bond motifs is 2. The first kappa shape index (κ1) is 22.8. The lowest BCUT2D eigenvalue weighted by Crippen LogP contribution is -2.43. The van der Waals surface area contributed by atoms with E-state index in [-0.39, 0.29) is 11.3 Å². The molecule has 7 heteroatoms. The molecular formula is C25H26Cl2N2O3. The van der Waals surface area contributed by atoms with Crippen LogP contribution in [-0.4, -0.2) is 17.6 Å². The van der Waals surface area contributed by atoms with Crippen molar-refractivity contribution in [2.45, 2.75) is 47.0 Å². The first-order chi connectivity index (χ1) is 15.0. The van der Waals surface area contributed by atoms with Crippen LogP contribution in [0.3, 0.4) is 0 Å². The molecule has 2 unspecified atom stereocenters. The van der Waals surface area contributed by atoms with Gasteiger partial charge in [0.1, 0.15) is 0 Å². The van der Waals surface area contributed by atoms with Crippen molar-refractivity contribution in [2.75, 3.05) is 5.32 Å². The summed E-state index contributed by atoms with van der Waals surface area (Å²) < 4.78 is 0. The van der Waals surface area contributed by atoms with E-state index in [4.69, 9.17) is 28.0 Å². The molecule has 2 atom stereocenters. The molecule has 5 nitrogen and oxygen atoms in total. The summed E-state index contributed by atoms with van der Waals surface area (Å²) in [6.45, 7) is 8.21. The number of aryl methyl sites for hydroxylation is 1. The number of hydrogen-bond acceptors (Lipinski definition) is 4. The van der Waals surface area contributed by atoms with Crippen LogP contribution in [0.1, 0.15) is 56.0 Å². The zero-order chi connectivity index (χ0) is 23.3. The molecule has 32 heavy (non-hydrogen) atoms. The van der Waals surface area contributed by atoms with Crippen LogP contribution >= 0.6 is 23.2 Å². The molecule has 0 saturated heterocycles. The van der Waals surface area contributed by atoms with E-state index in [1.807, 2.05) is 19.1 Å². The van der Waals surface area contributed by atoms with Crippen LogP contribution in [0, 0.1) is 23.2 Å². The minimum atomic E-state index is -0.709. The molecule has 1 N–H and O–H groups in total. The van der Waals surface area contributed by atoms with Crippen molar-refractivity contribution in [1.82, 2.24) is 0 Å². The third-order valence-electron chi connectivity index (χ3n) is 7.90. The summed E-state index contributed by atoms with van der Waals surface area (Å²) >= 11 is 12.6. The van der Waals surface area contributed by atoms with Crippen molar-refractivity contribution in [2.24, 2.45) is 21.4 Å². The number of nitrogens with zero attached hydrogens (tertiary/aromatic N) is 1. The fourth-order valence-corrected chi connectivity index (χ4v) is 5.70. The van der Waals surface area contributed by atoms with Crippen LogP contribution in [0.5, 0.6) is 0 Å². The van der Waals surface area contributed by atoms with Gasteiger partial charge in [-0.1, -0.05) is 72.9 Å². The Kier molecular flexibility index (Phi) is 5.62. The van der Waals surface area contributed by atoms with Crippen molar-refractivity contribution in [3.63, 3.8) is 0 Å². The van der Waals surface area contributed by atoms with Crippen LogP contribution < -0.4 is 5.32 Å². The molecular weight excluding hydrogens is 447 g/mol. The molecule has 2 aliphatic rings. The highest BCUT2D eigenvalue weighted by molar-refractivity contribution is 6.39. The molecule has 0 aromatic heterocycles. The first-order valence-corrected chi connectivity index (χ1v) is 11.4. The van der Waals surface area contributed by atoms with Crippen LogP contribution in [-0.2, 0) is 9.63 Å². The average molecular weight is 473 g/mol. The summed E-state index contributed by atoms with van der Waals surface area (Å²) in [4.78, 5) is 31.4. The summed E-state index contributed by atoms with van der Waals surface area (Å²) in [6, 6.07) is 12.3. The molecule has 0 radical (unpaired) electrons. The molecule has 2 aliphatic carbocycles. The number of hydrogen-bond donors (Lipinski definition) is 1. The number of amides is 1. The monoisotopic (exact) mass is 472 g/mol. The number of oxime groups is 1. The second-order valence-corrected chi connectivity index (χ2v) is 10.4. The summed E-state index contributed by atoms with van der Waals surface area (Å²) in [7, 11) is 0. The number of halogens is 2. The second-order valence-electron chi connectivity index (χ2n) is 9.55. The van der Waals surface area contributed by atoms with E-state index in [1.54, 1.807) is 30.3 Å². The third-order valence-corrected chi connectivity index (χ3v) is 8.53. The Morgan fingerprint density at radius 3 is 2.25 bits per heavy atom. The average Bonchev–Trinajstić information content (AvgIpc) is 3.05. The number of para-hydroxylation sites is 1. The summed E-state index contributed by atoms with van der Waals surface area (Å²) in [6.07, 6.45) is 1.88. The van der Waals surface area contributed by atoms with Crippen LogP contribution in [0.4, 0.5) is 5.69 Å². The van der Waals surface area contributed by atoms with Crippen molar-refractivity contribution >= 4 is 46.5 Å². The quantitative estimate of drug-likeness (QED) is 0.398. The number of nitrogens with one attached hydrogen (secondary N) is 1. The minimum absolute atomic E-state index is 0.142. The molecule has 2 fully saturated rings. The zero-order valence-electron chi connectivity index (χ0n) is 18.6. The highest BCUT2D eigenvalue weighted by Crippen LogP contribution is 2.71. The van der Waals surface area contributed by atoms with Crippen LogP contribution in [0.2, 0.25) is 10.0 Å². The topological polar surface area (TPSA) is 67.8 Å². The molecule has 2 aromatic rings. The Labute approximate surface area is 198 Å². The van der Waals surface area contributed by atoms with Crippen LogP contribution in [0.25, 0.3) is 0 Å². The zero-order valence-corrected chi connectivity index (χ0v) is 20.1. The molecule has 0 spiro atoms. The van der Waals surface area contributed by atoms with Gasteiger partial charge in [-0.2, -0.15) is 0 Å². The van der Waals surface area contributed by atoms with Gasteiger partial charge >= 0.3 is 5.97 Å². The molecule has 2 bridgehead atoms. The Balaban J connectivity index is 1.61. The first-order valence-electron chi connectivity index (χ1n) is 10.6. The summed E-state index contributed by atoms with van der Waals surface area (Å²) in [5, 5.41) is 8.02. The highest BCUT2D eigenvalue weighted by atomic mass is 35.5. The number of carbonyl (C=O) groups excluding carboxylic acids is 2. The summed E-state index contributed by atoms with van der Waals surface area (Å²) in [5.74, 6) is -0.653. The largest absolute Gasteiger partial charge is 0.365 e. The van der Waals surface area contributed by atoms with E-state index in [2.05, 4.69) is 31.2 Å². The van der Waals surface area contributed by atoms with Crippen LogP contribution in [0.15, 0.2) is 47.6 Å². The standard InChI is InChI=1S/C25H26Cl2N2O3/c1-15-8-10-16(11-9-15)21(30)32-29-19-14-25(13-12-24(19,4)23(25,2)3)22(31)28-20-17(26)6-5-7-18(20)27/h5-11H,12-14H2,1-4H3,(H,28,31). The molecule has 4 rings (SSSR count). The van der Waals surface area contributed by atoms with E-state index in [0.717, 1.165) is 17.7 Å². The van der Waals surface area contributed by atoms with E-state index < -0.39 is 16.8 Å². The van der Waals surface area contributed by atoms with Gasteiger partial charge < -0.3 is 10.2 Å². The van der Waals surface area contributed by atoms with Gasteiger partial charge in [-0.25, -0.2) is 4.79 Å². The van der Waals surface area contributed by atoms with E-state index >= 15 is 0 Å². The number of anilines is 1. The number of carbonyl (C=O) groups is 2.